The molecule has 0 spiro atoms. The number of hydrogen-bond donors (Lipinski definition) is 1. The molecule has 5 aromatic rings. The fourth-order valence-corrected chi connectivity index (χ4v) is 5.12. The summed E-state index contributed by atoms with van der Waals surface area (Å²) in [5, 5.41) is 7.54. The fraction of sp³-hybridized carbons (Fsp3) is 0.290. The van der Waals surface area contributed by atoms with Gasteiger partial charge in [0.15, 0.2) is 11.5 Å². The summed E-state index contributed by atoms with van der Waals surface area (Å²) in [6.07, 6.45) is 8.44. The second-order valence-corrected chi connectivity index (χ2v) is 10.9. The molecule has 1 aliphatic heterocycles. The molecule has 0 aliphatic carbocycles. The molecule has 1 unspecified atom stereocenters. The van der Waals surface area contributed by atoms with Crippen molar-refractivity contribution < 1.29 is 9.53 Å². The number of carbonyl (C=O) groups is 1. The third-order valence-corrected chi connectivity index (χ3v) is 7.35. The van der Waals surface area contributed by atoms with Gasteiger partial charge in [0.05, 0.1) is 5.52 Å². The number of pyridine rings is 2. The molecule has 12 heteroatoms. The molecule has 1 fully saturated rings. The van der Waals surface area contributed by atoms with E-state index >= 15 is 0 Å². The van der Waals surface area contributed by atoms with Crippen LogP contribution in [0.15, 0.2) is 73.5 Å². The highest BCUT2D eigenvalue weighted by Gasteiger charge is 2.27. The number of aromatic nitrogens is 6. The van der Waals surface area contributed by atoms with Gasteiger partial charge in [-0.1, -0.05) is 6.08 Å². The van der Waals surface area contributed by atoms with Crippen LogP contribution in [-0.2, 0) is 4.79 Å². The summed E-state index contributed by atoms with van der Waals surface area (Å²) in [4.78, 5) is 37.0. The van der Waals surface area contributed by atoms with Gasteiger partial charge in [0.2, 0.25) is 5.91 Å². The number of amides is 1. The Morgan fingerprint density at radius 3 is 2.79 bits per heavy atom. The first kappa shape index (κ1) is 28.0. The first-order valence-electron chi connectivity index (χ1n) is 14.2. The number of aryl methyl sites for hydroxylation is 1. The zero-order valence-corrected chi connectivity index (χ0v) is 24.7. The average molecular weight is 579 g/mol. The minimum absolute atomic E-state index is 0.0449. The lowest BCUT2D eigenvalue weighted by Crippen LogP contribution is -2.54. The van der Waals surface area contributed by atoms with Gasteiger partial charge in [-0.25, -0.2) is 24.5 Å². The van der Waals surface area contributed by atoms with Gasteiger partial charge in [0, 0.05) is 56.2 Å². The number of benzene rings is 1. The lowest BCUT2D eigenvalue weighted by molar-refractivity contribution is -0.128. The Bertz CT molecular complexity index is 1800. The monoisotopic (exact) mass is 578 g/mol. The van der Waals surface area contributed by atoms with Crippen molar-refractivity contribution in [2.75, 3.05) is 50.5 Å². The summed E-state index contributed by atoms with van der Waals surface area (Å²) in [6, 6.07) is 13.6. The maximum absolute atomic E-state index is 12.7. The van der Waals surface area contributed by atoms with Crippen LogP contribution < -0.4 is 15.0 Å². The van der Waals surface area contributed by atoms with E-state index in [0.29, 0.717) is 42.4 Å². The van der Waals surface area contributed by atoms with Crippen molar-refractivity contribution in [1.82, 2.24) is 39.3 Å². The largest absolute Gasteiger partial charge is 0.457 e. The number of nitrogens with one attached hydrogen (secondary N) is 1. The Hall–Kier alpha value is -5.10. The topological polar surface area (TPSA) is 117 Å². The molecule has 1 amide bonds. The molecule has 1 saturated heterocycles. The molecule has 0 bridgehead atoms. The molecule has 4 aromatic heterocycles. The van der Waals surface area contributed by atoms with E-state index < -0.39 is 0 Å². The number of ether oxygens (including phenoxy) is 1. The van der Waals surface area contributed by atoms with Crippen molar-refractivity contribution in [2.45, 2.75) is 19.9 Å². The molecular weight excluding hydrogens is 544 g/mol. The van der Waals surface area contributed by atoms with Crippen molar-refractivity contribution in [3.63, 3.8) is 0 Å². The Balaban J connectivity index is 1.16. The second kappa shape index (κ2) is 12.0. The first-order valence-corrected chi connectivity index (χ1v) is 14.2. The van der Waals surface area contributed by atoms with Crippen LogP contribution in [0.2, 0.25) is 0 Å². The van der Waals surface area contributed by atoms with Gasteiger partial charge in [-0.3, -0.25) is 4.79 Å². The number of nitrogens with zero attached hydrogens (tertiary/aromatic N) is 9. The average Bonchev–Trinajstić information content (AvgIpc) is 3.46. The molecule has 1 aromatic carbocycles. The number of fused-ring (bicyclic) bond motifs is 2. The van der Waals surface area contributed by atoms with Crippen LogP contribution in [0.3, 0.4) is 0 Å². The van der Waals surface area contributed by atoms with Crippen molar-refractivity contribution in [3.8, 4) is 11.5 Å². The molecule has 5 heterocycles. The van der Waals surface area contributed by atoms with E-state index in [-0.39, 0.29) is 11.9 Å². The molecule has 0 radical (unpaired) electrons. The predicted octanol–water partition coefficient (Wildman–Crippen LogP) is 4.07. The number of rotatable bonds is 8. The van der Waals surface area contributed by atoms with Crippen LogP contribution in [-0.4, -0.2) is 91.6 Å². The smallest absolute Gasteiger partial charge is 0.246 e. The SMILES string of the molecule is Cc1cc(Nc2ncnc3ccc(N4CCN(C(=O)/C=C/CN(C)C)C(C)C4)nc23)ccc1Oc1ccn2ncnc2c1. The Morgan fingerprint density at radius 2 is 1.98 bits per heavy atom. The summed E-state index contributed by atoms with van der Waals surface area (Å²) >= 11 is 0. The van der Waals surface area contributed by atoms with Gasteiger partial charge in [-0.15, -0.1) is 0 Å². The molecule has 1 N–H and O–H groups in total. The summed E-state index contributed by atoms with van der Waals surface area (Å²) in [5.74, 6) is 2.91. The van der Waals surface area contributed by atoms with Crippen LogP contribution in [0, 0.1) is 6.92 Å². The van der Waals surface area contributed by atoms with E-state index in [2.05, 4.69) is 37.2 Å². The number of likely N-dealkylation sites (N-methyl/N-ethyl adjacent to an activating group) is 1. The summed E-state index contributed by atoms with van der Waals surface area (Å²) in [7, 11) is 3.96. The van der Waals surface area contributed by atoms with Crippen LogP contribution in [0.4, 0.5) is 17.3 Å². The second-order valence-electron chi connectivity index (χ2n) is 10.9. The van der Waals surface area contributed by atoms with E-state index in [4.69, 9.17) is 9.72 Å². The molecule has 1 atom stereocenters. The zero-order valence-electron chi connectivity index (χ0n) is 24.7. The van der Waals surface area contributed by atoms with E-state index in [1.807, 2.05) is 85.6 Å². The van der Waals surface area contributed by atoms with E-state index in [1.165, 1.54) is 12.7 Å². The van der Waals surface area contributed by atoms with Crippen LogP contribution in [0.1, 0.15) is 12.5 Å². The maximum atomic E-state index is 12.7. The predicted molar refractivity (Wildman–Crippen MR) is 166 cm³/mol. The van der Waals surface area contributed by atoms with E-state index in [0.717, 1.165) is 34.9 Å². The minimum atomic E-state index is 0.0449. The summed E-state index contributed by atoms with van der Waals surface area (Å²) in [5.41, 5.74) is 3.95. The van der Waals surface area contributed by atoms with Crippen molar-refractivity contribution in [3.05, 3.63) is 79.0 Å². The lowest BCUT2D eigenvalue weighted by atomic mass is 10.1. The minimum Gasteiger partial charge on any atom is -0.457 e. The van der Waals surface area contributed by atoms with E-state index in [1.54, 1.807) is 10.6 Å². The van der Waals surface area contributed by atoms with Gasteiger partial charge in [-0.05, 0) is 69.9 Å². The standard InChI is InChI=1S/C31H34N10O2/c1-21-16-23(7-9-26(21)43-24-11-13-41-28(17-24)33-20-35-41)36-31-30-25(32-19-34-31)8-10-27(37-30)39-14-15-40(22(2)18-39)29(42)6-5-12-38(3)4/h5-11,13,16-17,19-20,22H,12,14-15,18H2,1-4H3,(H,32,34,36)/b6-5+. The molecule has 6 rings (SSSR count). The normalized spacial score (nSPS) is 15.6. The van der Waals surface area contributed by atoms with Crippen molar-refractivity contribution in [1.29, 1.82) is 0 Å². The maximum Gasteiger partial charge on any atom is 0.246 e. The van der Waals surface area contributed by atoms with E-state index in [9.17, 15) is 4.79 Å². The Labute approximate surface area is 249 Å². The van der Waals surface area contributed by atoms with Crippen LogP contribution in [0.25, 0.3) is 16.7 Å². The summed E-state index contributed by atoms with van der Waals surface area (Å²) in [6.45, 7) is 6.81. The van der Waals surface area contributed by atoms with Gasteiger partial charge < -0.3 is 24.8 Å². The van der Waals surface area contributed by atoms with Crippen molar-refractivity contribution >= 4 is 39.9 Å². The quantitative estimate of drug-likeness (QED) is 0.270. The number of piperazine rings is 1. The van der Waals surface area contributed by atoms with Crippen molar-refractivity contribution in [2.24, 2.45) is 0 Å². The fourth-order valence-electron chi connectivity index (χ4n) is 5.12. The Morgan fingerprint density at radius 1 is 1.09 bits per heavy atom. The highest BCUT2D eigenvalue weighted by atomic mass is 16.5. The van der Waals surface area contributed by atoms with Gasteiger partial charge in [0.1, 0.15) is 35.5 Å². The third-order valence-electron chi connectivity index (χ3n) is 7.35. The number of carbonyl (C=O) groups excluding carboxylic acids is 1. The van der Waals surface area contributed by atoms with Crippen LogP contribution >= 0.6 is 0 Å². The molecular formula is C31H34N10O2. The molecule has 12 nitrogen and oxygen atoms in total. The molecule has 220 valence electrons. The summed E-state index contributed by atoms with van der Waals surface area (Å²) < 4.78 is 7.81. The Kier molecular flexibility index (Phi) is 7.84. The molecule has 1 aliphatic rings. The van der Waals surface area contributed by atoms with Gasteiger partial charge >= 0.3 is 0 Å². The van der Waals surface area contributed by atoms with Crippen LogP contribution in [0.5, 0.6) is 11.5 Å². The number of hydrogen-bond acceptors (Lipinski definition) is 10. The molecule has 43 heavy (non-hydrogen) atoms. The first-order chi connectivity index (χ1) is 20.8. The third kappa shape index (κ3) is 6.24. The number of anilines is 3. The molecule has 0 saturated carbocycles. The highest BCUT2D eigenvalue weighted by Crippen LogP contribution is 2.30. The van der Waals surface area contributed by atoms with Gasteiger partial charge in [0.25, 0.3) is 0 Å². The highest BCUT2D eigenvalue weighted by molar-refractivity contribution is 5.89. The van der Waals surface area contributed by atoms with Gasteiger partial charge in [-0.2, -0.15) is 5.10 Å². The zero-order chi connectivity index (χ0) is 29.9. The lowest BCUT2D eigenvalue weighted by Gasteiger charge is -2.40.